The van der Waals surface area contributed by atoms with Gasteiger partial charge in [0, 0.05) is 32.1 Å². The van der Waals surface area contributed by atoms with Gasteiger partial charge in [0.1, 0.15) is 6.10 Å². The summed E-state index contributed by atoms with van der Waals surface area (Å²) in [6.45, 7) is 2.72. The van der Waals surface area contributed by atoms with Gasteiger partial charge >= 0.3 is 0 Å². The summed E-state index contributed by atoms with van der Waals surface area (Å²) >= 11 is 5.82. The number of aromatic hydroxyl groups is 1. The first-order valence-electron chi connectivity index (χ1n) is 13.4. The number of thiocarbonyl (C=S) groups is 1. The van der Waals surface area contributed by atoms with Crippen LogP contribution in [0.25, 0.3) is 0 Å². The van der Waals surface area contributed by atoms with E-state index in [0.717, 1.165) is 50.3 Å². The summed E-state index contributed by atoms with van der Waals surface area (Å²) < 4.78 is 6.65. The summed E-state index contributed by atoms with van der Waals surface area (Å²) in [5.41, 5.74) is 1.47. The van der Waals surface area contributed by atoms with Crippen molar-refractivity contribution in [2.24, 2.45) is 11.8 Å². The standard InChI is InChI=1S/C29H37N3O3S/c1-31(28(36)30-17-19-5-3-2-4-6-19)23-11-13-29(34)22-12-14-32(18-20-7-8-20)26(29)16-21-9-10-24(33)25(15-21)35-27(22)23/h2-6,9-10,15,20,22-23,26-27,33-34H,7-8,11-14,16-18H2,1H3,(H,30,36)/t22?,23-,26-,27-,29+/m1/s1. The minimum atomic E-state index is -0.823. The van der Waals surface area contributed by atoms with Crippen molar-refractivity contribution in [1.82, 2.24) is 15.1 Å². The van der Waals surface area contributed by atoms with Gasteiger partial charge in [-0.2, -0.15) is 0 Å². The Labute approximate surface area is 219 Å². The van der Waals surface area contributed by atoms with E-state index < -0.39 is 5.60 Å². The van der Waals surface area contributed by atoms with Crippen LogP contribution < -0.4 is 10.1 Å². The molecule has 6 nitrogen and oxygen atoms in total. The molecule has 6 rings (SSSR count). The van der Waals surface area contributed by atoms with E-state index in [-0.39, 0.29) is 29.9 Å². The van der Waals surface area contributed by atoms with E-state index in [9.17, 15) is 10.2 Å². The van der Waals surface area contributed by atoms with Gasteiger partial charge in [-0.05, 0) is 86.5 Å². The van der Waals surface area contributed by atoms with Crippen LogP contribution >= 0.6 is 12.2 Å². The van der Waals surface area contributed by atoms with Crippen LogP contribution in [-0.4, -0.2) is 69.1 Å². The van der Waals surface area contributed by atoms with E-state index in [1.807, 2.05) is 37.4 Å². The number of rotatable bonds is 5. The normalized spacial score (nSPS) is 31.4. The average molecular weight is 508 g/mol. The quantitative estimate of drug-likeness (QED) is 0.534. The van der Waals surface area contributed by atoms with Gasteiger partial charge in [0.15, 0.2) is 16.6 Å². The number of likely N-dealkylation sites (N-methyl/N-ethyl adjacent to an activating group) is 1. The molecule has 2 saturated carbocycles. The molecule has 2 aliphatic carbocycles. The number of benzene rings is 2. The lowest BCUT2D eigenvalue weighted by molar-refractivity contribution is -0.181. The topological polar surface area (TPSA) is 68.2 Å². The fourth-order valence-electron chi connectivity index (χ4n) is 6.82. The molecule has 4 aliphatic rings. The van der Waals surface area contributed by atoms with Crippen molar-refractivity contribution < 1.29 is 14.9 Å². The summed E-state index contributed by atoms with van der Waals surface area (Å²) in [4.78, 5) is 4.67. The highest BCUT2D eigenvalue weighted by Gasteiger charge is 2.58. The molecule has 36 heavy (non-hydrogen) atoms. The Bertz CT molecular complexity index is 1110. The number of ether oxygens (including phenoxy) is 1. The SMILES string of the molecule is CN(C(=S)NCc1ccccc1)[C@@H]1CC[C@]2(O)C3CCN(CC4CC4)[C@@H]2Cc2ccc(O)c(c2)O[C@H]31. The van der Waals surface area contributed by atoms with Crippen molar-refractivity contribution >= 4 is 17.3 Å². The maximum Gasteiger partial charge on any atom is 0.169 e. The second-order valence-electron chi connectivity index (χ2n) is 11.3. The minimum absolute atomic E-state index is 0.00263. The number of nitrogens with one attached hydrogen (secondary N) is 1. The first-order chi connectivity index (χ1) is 17.4. The summed E-state index contributed by atoms with van der Waals surface area (Å²) in [7, 11) is 2.03. The molecule has 5 atom stereocenters. The van der Waals surface area contributed by atoms with E-state index in [1.165, 1.54) is 18.4 Å². The van der Waals surface area contributed by atoms with Crippen molar-refractivity contribution in [1.29, 1.82) is 0 Å². The van der Waals surface area contributed by atoms with Crippen LogP contribution in [0.2, 0.25) is 0 Å². The maximum atomic E-state index is 12.4. The fraction of sp³-hybridized carbons (Fsp3) is 0.552. The predicted molar refractivity (Wildman–Crippen MR) is 144 cm³/mol. The first-order valence-corrected chi connectivity index (χ1v) is 13.8. The summed E-state index contributed by atoms with van der Waals surface area (Å²) in [6.07, 6.45) is 5.51. The number of piperidine rings is 1. The third-order valence-electron chi connectivity index (χ3n) is 9.01. The Balaban J connectivity index is 1.29. The van der Waals surface area contributed by atoms with E-state index in [1.54, 1.807) is 6.07 Å². The number of hydrogen-bond donors (Lipinski definition) is 3. The third-order valence-corrected chi connectivity index (χ3v) is 9.45. The maximum absolute atomic E-state index is 12.4. The fourth-order valence-corrected chi connectivity index (χ4v) is 7.02. The monoisotopic (exact) mass is 507 g/mol. The zero-order valence-electron chi connectivity index (χ0n) is 21.0. The van der Waals surface area contributed by atoms with Crippen molar-refractivity contribution in [3.63, 3.8) is 0 Å². The molecule has 1 unspecified atom stereocenters. The highest BCUT2D eigenvalue weighted by Crippen LogP contribution is 2.49. The van der Waals surface area contributed by atoms with Gasteiger partial charge in [-0.3, -0.25) is 4.90 Å². The molecule has 2 aliphatic heterocycles. The average Bonchev–Trinajstić information content (AvgIpc) is 3.70. The molecule has 7 heteroatoms. The summed E-state index contributed by atoms with van der Waals surface area (Å²) in [5.74, 6) is 1.43. The first kappa shape index (κ1) is 24.0. The molecule has 2 aromatic rings. The molecule has 3 N–H and O–H groups in total. The molecule has 3 fully saturated rings. The lowest BCUT2D eigenvalue weighted by Gasteiger charge is -2.58. The number of nitrogens with zero attached hydrogens (tertiary/aromatic N) is 2. The van der Waals surface area contributed by atoms with Crippen molar-refractivity contribution in [3.8, 4) is 11.5 Å². The van der Waals surface area contributed by atoms with E-state index in [0.29, 0.717) is 17.4 Å². The predicted octanol–water partition coefficient (Wildman–Crippen LogP) is 3.70. The third kappa shape index (κ3) is 4.46. The molecule has 1 saturated heterocycles. The van der Waals surface area contributed by atoms with E-state index >= 15 is 0 Å². The van der Waals surface area contributed by atoms with Crippen LogP contribution in [0.5, 0.6) is 11.5 Å². The van der Waals surface area contributed by atoms with Gasteiger partial charge in [0.25, 0.3) is 0 Å². The Kier molecular flexibility index (Phi) is 6.34. The van der Waals surface area contributed by atoms with Gasteiger partial charge in [0.2, 0.25) is 0 Å². The smallest absolute Gasteiger partial charge is 0.169 e. The van der Waals surface area contributed by atoms with Crippen LogP contribution in [0.1, 0.15) is 43.2 Å². The lowest BCUT2D eigenvalue weighted by atomic mass is 9.63. The molecule has 2 aromatic carbocycles. The molecule has 192 valence electrons. The Hall–Kier alpha value is -2.35. The molecule has 6 bridgehead atoms. The molecular formula is C29H37N3O3S. The van der Waals surface area contributed by atoms with Crippen LogP contribution in [0.15, 0.2) is 48.5 Å². The number of likely N-dealkylation sites (tertiary alicyclic amines) is 1. The molecule has 0 spiro atoms. The van der Waals surface area contributed by atoms with Crippen LogP contribution in [-0.2, 0) is 13.0 Å². The lowest BCUT2D eigenvalue weighted by Crippen LogP contribution is -2.70. The van der Waals surface area contributed by atoms with Crippen LogP contribution in [0.4, 0.5) is 0 Å². The second-order valence-corrected chi connectivity index (χ2v) is 11.7. The highest BCUT2D eigenvalue weighted by molar-refractivity contribution is 7.80. The van der Waals surface area contributed by atoms with Crippen molar-refractivity contribution in [2.75, 3.05) is 20.1 Å². The van der Waals surface area contributed by atoms with Crippen LogP contribution in [0, 0.1) is 11.8 Å². The minimum Gasteiger partial charge on any atom is -0.504 e. The zero-order valence-corrected chi connectivity index (χ0v) is 21.8. The summed E-state index contributed by atoms with van der Waals surface area (Å²) in [5, 5.41) is 27.1. The number of phenolic OH excluding ortho intramolecular Hbond substituents is 1. The van der Waals surface area contributed by atoms with E-state index in [2.05, 4.69) is 27.2 Å². The van der Waals surface area contributed by atoms with Crippen molar-refractivity contribution in [3.05, 3.63) is 59.7 Å². The number of hydrogen-bond acceptors (Lipinski definition) is 5. The Morgan fingerprint density at radius 3 is 2.75 bits per heavy atom. The van der Waals surface area contributed by atoms with Gasteiger partial charge in [-0.1, -0.05) is 36.4 Å². The van der Waals surface area contributed by atoms with E-state index in [4.69, 9.17) is 17.0 Å². The van der Waals surface area contributed by atoms with Gasteiger partial charge < -0.3 is 25.2 Å². The van der Waals surface area contributed by atoms with Crippen LogP contribution in [0.3, 0.4) is 0 Å². The Morgan fingerprint density at radius 1 is 1.17 bits per heavy atom. The largest absolute Gasteiger partial charge is 0.504 e. The molecule has 0 amide bonds. The Morgan fingerprint density at radius 2 is 1.97 bits per heavy atom. The van der Waals surface area contributed by atoms with Gasteiger partial charge in [-0.25, -0.2) is 0 Å². The molecular weight excluding hydrogens is 470 g/mol. The number of phenols is 1. The highest BCUT2D eigenvalue weighted by atomic mass is 32.1. The van der Waals surface area contributed by atoms with Gasteiger partial charge in [-0.15, -0.1) is 0 Å². The number of fused-ring (bicyclic) bond motifs is 2. The number of aliphatic hydroxyl groups is 1. The van der Waals surface area contributed by atoms with Crippen molar-refractivity contribution in [2.45, 2.75) is 68.9 Å². The molecule has 2 heterocycles. The molecule has 0 radical (unpaired) electrons. The second kappa shape index (κ2) is 9.51. The van der Waals surface area contributed by atoms with Gasteiger partial charge in [0.05, 0.1) is 11.6 Å². The molecule has 0 aromatic heterocycles. The summed E-state index contributed by atoms with van der Waals surface area (Å²) in [6, 6.07) is 16.0. The zero-order chi connectivity index (χ0) is 24.9.